The highest BCUT2D eigenvalue weighted by Gasteiger charge is 2.13. The maximum atomic E-state index is 7.83. The molecule has 1 heterocycles. The molecule has 0 aliphatic carbocycles. The summed E-state index contributed by atoms with van der Waals surface area (Å²) < 4.78 is 25.5. The summed E-state index contributed by atoms with van der Waals surface area (Å²) in [6.07, 6.45) is 0. The maximum absolute atomic E-state index is 7.83. The Labute approximate surface area is 99.2 Å². The average molecular weight is 211 g/mol. The molecule has 0 atom stereocenters. The zero-order valence-corrected chi connectivity index (χ0v) is 9.07. The smallest absolute Gasteiger partial charge is 0.194 e. The van der Waals surface area contributed by atoms with Crippen molar-refractivity contribution in [1.82, 2.24) is 0 Å². The van der Waals surface area contributed by atoms with Gasteiger partial charge in [-0.15, -0.1) is 0 Å². The van der Waals surface area contributed by atoms with Crippen molar-refractivity contribution in [3.8, 4) is 0 Å². The molecule has 0 aliphatic heterocycles. The summed E-state index contributed by atoms with van der Waals surface area (Å²) in [6.45, 7) is -2.12. The van der Waals surface area contributed by atoms with Crippen LogP contribution in [0.3, 0.4) is 0 Å². The maximum Gasteiger partial charge on any atom is 0.213 e. The molecular weight excluding hydrogens is 194 g/mol. The Bertz CT molecular complexity index is 718. The molecule has 0 unspecified atom stereocenters. The van der Waals surface area contributed by atoms with Gasteiger partial charge in [0.05, 0.1) is 0 Å². The van der Waals surface area contributed by atoms with Crippen molar-refractivity contribution in [3.05, 3.63) is 54.1 Å². The van der Waals surface area contributed by atoms with E-state index >= 15 is 0 Å². The predicted molar refractivity (Wildman–Crippen MR) is 67.4 cm³/mol. The molecule has 2 aromatic carbocycles. The predicted octanol–water partition coefficient (Wildman–Crippen LogP) is 3.13. The largest absolute Gasteiger partial charge is 0.213 e. The van der Waals surface area contributed by atoms with Gasteiger partial charge < -0.3 is 0 Å². The van der Waals surface area contributed by atoms with Gasteiger partial charge in [0.1, 0.15) is 7.05 Å². The van der Waals surface area contributed by atoms with E-state index in [9.17, 15) is 0 Å². The Hall–Kier alpha value is -1.89. The molecule has 0 saturated heterocycles. The molecule has 0 saturated carbocycles. The zero-order chi connectivity index (χ0) is 13.6. The number of rotatable bonds is 0. The first-order valence-corrected chi connectivity index (χ1v) is 5.30. The average Bonchev–Trinajstić information content (AvgIpc) is 2.38. The highest BCUT2D eigenvalue weighted by molar-refractivity contribution is 5.93. The van der Waals surface area contributed by atoms with E-state index in [0.717, 1.165) is 21.8 Å². The zero-order valence-electron chi connectivity index (χ0n) is 12.1. The number of fused-ring (bicyclic) bond motifs is 2. The SMILES string of the molecule is [2H]C([2H])([2H])c1c2ccccc2[n+](C)c2ccccc12. The fraction of sp³-hybridized carbons (Fsp3) is 0.133. The van der Waals surface area contributed by atoms with Gasteiger partial charge in [-0.05, 0) is 24.5 Å². The van der Waals surface area contributed by atoms with Crippen molar-refractivity contribution in [3.63, 3.8) is 0 Å². The minimum atomic E-state index is -2.12. The van der Waals surface area contributed by atoms with Crippen LogP contribution in [0.4, 0.5) is 0 Å². The minimum absolute atomic E-state index is 0.441. The number of aryl methyl sites for hydroxylation is 2. The van der Waals surface area contributed by atoms with Gasteiger partial charge in [0.15, 0.2) is 0 Å². The van der Waals surface area contributed by atoms with E-state index in [1.807, 2.05) is 60.1 Å². The second kappa shape index (κ2) is 3.31. The summed E-state index contributed by atoms with van der Waals surface area (Å²) in [5.41, 5.74) is 2.32. The third-order valence-corrected chi connectivity index (χ3v) is 3.07. The molecule has 0 radical (unpaired) electrons. The highest BCUT2D eigenvalue weighted by atomic mass is 14.9. The molecule has 1 nitrogen and oxygen atoms in total. The molecule has 3 aromatic rings. The normalized spacial score (nSPS) is 14.7. The third-order valence-electron chi connectivity index (χ3n) is 3.07. The lowest BCUT2D eigenvalue weighted by Gasteiger charge is -2.05. The van der Waals surface area contributed by atoms with Crippen molar-refractivity contribution in [2.24, 2.45) is 7.05 Å². The topological polar surface area (TPSA) is 3.88 Å². The molecule has 0 bridgehead atoms. The molecule has 78 valence electrons. The van der Waals surface area contributed by atoms with E-state index < -0.39 is 6.85 Å². The van der Waals surface area contributed by atoms with Gasteiger partial charge in [0, 0.05) is 27.0 Å². The van der Waals surface area contributed by atoms with Crippen LogP contribution in [-0.4, -0.2) is 0 Å². The van der Waals surface area contributed by atoms with Crippen LogP contribution in [0.25, 0.3) is 21.8 Å². The van der Waals surface area contributed by atoms with E-state index in [2.05, 4.69) is 0 Å². The van der Waals surface area contributed by atoms with Crippen LogP contribution >= 0.6 is 0 Å². The van der Waals surface area contributed by atoms with Gasteiger partial charge in [0.25, 0.3) is 0 Å². The van der Waals surface area contributed by atoms with Gasteiger partial charge in [-0.3, -0.25) is 0 Å². The molecule has 0 fully saturated rings. The van der Waals surface area contributed by atoms with Gasteiger partial charge >= 0.3 is 0 Å². The second-order valence-corrected chi connectivity index (χ2v) is 3.97. The van der Waals surface area contributed by atoms with Crippen molar-refractivity contribution in [2.75, 3.05) is 0 Å². The van der Waals surface area contributed by atoms with Gasteiger partial charge in [-0.2, -0.15) is 4.57 Å². The summed E-state index contributed by atoms with van der Waals surface area (Å²) in [5, 5.41) is 1.59. The fourth-order valence-electron chi connectivity index (χ4n) is 2.23. The van der Waals surface area contributed by atoms with Crippen LogP contribution in [0.2, 0.25) is 0 Å². The number of pyridine rings is 1. The quantitative estimate of drug-likeness (QED) is 0.397. The summed E-state index contributed by atoms with van der Waals surface area (Å²) in [7, 11) is 1.97. The Morgan fingerprint density at radius 2 is 1.38 bits per heavy atom. The summed E-state index contributed by atoms with van der Waals surface area (Å²) in [6, 6.07) is 15.3. The molecule has 0 spiro atoms. The van der Waals surface area contributed by atoms with E-state index in [1.54, 1.807) is 0 Å². The van der Waals surface area contributed by atoms with Gasteiger partial charge in [0.2, 0.25) is 11.0 Å². The lowest BCUT2D eigenvalue weighted by atomic mass is 10.0. The van der Waals surface area contributed by atoms with Crippen LogP contribution in [0.15, 0.2) is 48.5 Å². The standard InChI is InChI=1S/C15H14N/c1-11-12-7-3-5-9-14(12)16(2)15-10-6-4-8-13(11)15/h3-10H,1-2H3/q+1/i1D3. The van der Waals surface area contributed by atoms with Crippen LogP contribution in [0, 0.1) is 6.85 Å². The van der Waals surface area contributed by atoms with E-state index in [-0.39, 0.29) is 0 Å². The number of aromatic nitrogens is 1. The monoisotopic (exact) mass is 211 g/mol. The first-order valence-electron chi connectivity index (χ1n) is 6.80. The van der Waals surface area contributed by atoms with E-state index in [1.165, 1.54) is 0 Å². The van der Waals surface area contributed by atoms with Gasteiger partial charge in [-0.25, -0.2) is 0 Å². The number of hydrogen-bond acceptors (Lipinski definition) is 0. The molecular formula is C15H14N+. The van der Waals surface area contributed by atoms with Gasteiger partial charge in [-0.1, -0.05) is 24.3 Å². The molecule has 0 aliphatic rings. The number of nitrogens with zero attached hydrogens (tertiary/aromatic N) is 1. The second-order valence-electron chi connectivity index (χ2n) is 3.97. The highest BCUT2D eigenvalue weighted by Crippen LogP contribution is 2.22. The molecule has 16 heavy (non-hydrogen) atoms. The molecule has 3 rings (SSSR count). The Morgan fingerprint density at radius 1 is 0.875 bits per heavy atom. The van der Waals surface area contributed by atoms with Crippen molar-refractivity contribution < 1.29 is 8.68 Å². The third kappa shape index (κ3) is 1.15. The van der Waals surface area contributed by atoms with Crippen LogP contribution in [-0.2, 0) is 7.05 Å². The van der Waals surface area contributed by atoms with Crippen LogP contribution in [0.5, 0.6) is 0 Å². The minimum Gasteiger partial charge on any atom is -0.194 e. The Morgan fingerprint density at radius 3 is 1.88 bits per heavy atom. The number of benzene rings is 2. The fourth-order valence-corrected chi connectivity index (χ4v) is 2.23. The Kier molecular flexibility index (Phi) is 1.37. The van der Waals surface area contributed by atoms with E-state index in [0.29, 0.717) is 5.56 Å². The summed E-state index contributed by atoms with van der Waals surface area (Å²) >= 11 is 0. The van der Waals surface area contributed by atoms with Crippen molar-refractivity contribution in [1.29, 1.82) is 0 Å². The van der Waals surface area contributed by atoms with Crippen molar-refractivity contribution >= 4 is 21.8 Å². The van der Waals surface area contributed by atoms with E-state index in [4.69, 9.17) is 4.11 Å². The first-order chi connectivity index (χ1) is 9.00. The van der Waals surface area contributed by atoms with Crippen LogP contribution < -0.4 is 4.57 Å². The van der Waals surface area contributed by atoms with Crippen molar-refractivity contribution in [2.45, 2.75) is 6.85 Å². The first kappa shape index (κ1) is 6.64. The molecule has 1 heteroatoms. The lowest BCUT2D eigenvalue weighted by molar-refractivity contribution is -0.617. The molecule has 0 N–H and O–H groups in total. The number of hydrogen-bond donors (Lipinski definition) is 0. The Balaban J connectivity index is 2.65. The molecule has 0 amide bonds. The number of para-hydroxylation sites is 2. The summed E-state index contributed by atoms with van der Waals surface area (Å²) in [5.74, 6) is 0. The van der Waals surface area contributed by atoms with Crippen LogP contribution in [0.1, 0.15) is 9.68 Å². The lowest BCUT2D eigenvalue weighted by Crippen LogP contribution is -2.30. The summed E-state index contributed by atoms with van der Waals surface area (Å²) in [4.78, 5) is 0. The molecule has 1 aromatic heterocycles.